The summed E-state index contributed by atoms with van der Waals surface area (Å²) in [6.45, 7) is 2.68. The molecular weight excluding hydrogens is 236 g/mol. The molecule has 0 spiro atoms. The van der Waals surface area contributed by atoms with E-state index in [0.717, 1.165) is 25.9 Å². The number of likely N-dealkylation sites (N-methyl/N-ethyl adjacent to an activating group) is 1. The Morgan fingerprint density at radius 3 is 2.83 bits per heavy atom. The Bertz CT molecular complexity index is 283. The molecule has 1 fully saturated rings. The van der Waals surface area contributed by atoms with Crippen molar-refractivity contribution in [1.29, 1.82) is 0 Å². The van der Waals surface area contributed by atoms with E-state index in [2.05, 4.69) is 10.2 Å². The third kappa shape index (κ3) is 5.01. The van der Waals surface area contributed by atoms with Crippen molar-refractivity contribution in [2.24, 2.45) is 0 Å². The van der Waals surface area contributed by atoms with E-state index in [1.54, 1.807) is 7.05 Å². The van der Waals surface area contributed by atoms with Crippen LogP contribution in [-0.4, -0.2) is 61.3 Å². The normalized spacial score (nSPS) is 20.6. The van der Waals surface area contributed by atoms with Gasteiger partial charge in [-0.1, -0.05) is 6.42 Å². The van der Waals surface area contributed by atoms with Crippen LogP contribution in [0.15, 0.2) is 0 Å². The van der Waals surface area contributed by atoms with Crippen LogP contribution in [-0.2, 0) is 14.3 Å². The number of unbranched alkanes of at least 4 members (excludes halogenated alkanes) is 2. The van der Waals surface area contributed by atoms with Gasteiger partial charge in [0.05, 0.1) is 13.2 Å². The number of aliphatic carboxylic acids is 1. The van der Waals surface area contributed by atoms with Crippen LogP contribution in [0.1, 0.15) is 25.7 Å². The fraction of sp³-hybridized carbons (Fsp3) is 0.833. The maximum absolute atomic E-state index is 11.6. The van der Waals surface area contributed by atoms with Crippen molar-refractivity contribution in [3.8, 4) is 0 Å². The minimum absolute atomic E-state index is 0.0137. The van der Waals surface area contributed by atoms with E-state index < -0.39 is 5.97 Å². The summed E-state index contributed by atoms with van der Waals surface area (Å²) in [5.41, 5.74) is 0. The molecule has 1 aliphatic rings. The molecule has 0 bridgehead atoms. The quantitative estimate of drug-likeness (QED) is 0.632. The number of carbonyl (C=O) groups is 2. The zero-order valence-electron chi connectivity index (χ0n) is 10.9. The first-order valence-corrected chi connectivity index (χ1v) is 6.40. The predicted octanol–water partition coefficient (Wildman–Crippen LogP) is 0.0782. The van der Waals surface area contributed by atoms with Crippen LogP contribution in [0.25, 0.3) is 0 Å². The van der Waals surface area contributed by atoms with Crippen molar-refractivity contribution in [1.82, 2.24) is 10.2 Å². The van der Waals surface area contributed by atoms with Crippen molar-refractivity contribution in [3.63, 3.8) is 0 Å². The summed E-state index contributed by atoms with van der Waals surface area (Å²) < 4.78 is 5.31. The molecule has 0 saturated carbocycles. The lowest BCUT2D eigenvalue weighted by Gasteiger charge is -2.34. The SMILES string of the molecule is CNC(=O)C1COCCN1CCCCCC(=O)O. The summed E-state index contributed by atoms with van der Waals surface area (Å²) in [5.74, 6) is -0.759. The van der Waals surface area contributed by atoms with Crippen LogP contribution in [0.2, 0.25) is 0 Å². The van der Waals surface area contributed by atoms with Crippen LogP contribution < -0.4 is 5.32 Å². The van der Waals surface area contributed by atoms with Gasteiger partial charge in [0.25, 0.3) is 0 Å². The van der Waals surface area contributed by atoms with Gasteiger partial charge in [0, 0.05) is 20.0 Å². The molecule has 6 nitrogen and oxygen atoms in total. The highest BCUT2D eigenvalue weighted by Crippen LogP contribution is 2.10. The molecule has 104 valence electrons. The van der Waals surface area contributed by atoms with Gasteiger partial charge < -0.3 is 15.2 Å². The molecule has 1 heterocycles. The number of nitrogens with zero attached hydrogens (tertiary/aromatic N) is 1. The number of rotatable bonds is 7. The smallest absolute Gasteiger partial charge is 0.303 e. The second-order valence-corrected chi connectivity index (χ2v) is 4.45. The Labute approximate surface area is 107 Å². The first-order chi connectivity index (χ1) is 8.65. The number of amides is 1. The molecule has 0 aromatic heterocycles. The van der Waals surface area contributed by atoms with Gasteiger partial charge in [-0.3, -0.25) is 14.5 Å². The number of nitrogens with one attached hydrogen (secondary N) is 1. The number of carboxylic acid groups (broad SMARTS) is 1. The maximum atomic E-state index is 11.6. The van der Waals surface area contributed by atoms with Crippen LogP contribution in [0.4, 0.5) is 0 Å². The molecule has 0 radical (unpaired) electrons. The van der Waals surface area contributed by atoms with Crippen LogP contribution in [0.3, 0.4) is 0 Å². The highest BCUT2D eigenvalue weighted by atomic mass is 16.5. The van der Waals surface area contributed by atoms with Crippen molar-refractivity contribution in [2.75, 3.05) is 33.4 Å². The van der Waals surface area contributed by atoms with Crippen molar-refractivity contribution in [2.45, 2.75) is 31.7 Å². The highest BCUT2D eigenvalue weighted by Gasteiger charge is 2.27. The number of ether oxygens (including phenoxy) is 1. The minimum atomic E-state index is -0.746. The molecule has 0 aliphatic carbocycles. The summed E-state index contributed by atoms with van der Waals surface area (Å²) in [7, 11) is 1.63. The van der Waals surface area contributed by atoms with Gasteiger partial charge >= 0.3 is 5.97 Å². The van der Waals surface area contributed by atoms with Gasteiger partial charge in [-0.05, 0) is 19.4 Å². The molecule has 1 saturated heterocycles. The van der Waals surface area contributed by atoms with E-state index >= 15 is 0 Å². The number of hydrogen-bond donors (Lipinski definition) is 2. The average molecular weight is 258 g/mol. The van der Waals surface area contributed by atoms with Gasteiger partial charge in [-0.2, -0.15) is 0 Å². The van der Waals surface area contributed by atoms with Crippen molar-refractivity contribution in [3.05, 3.63) is 0 Å². The summed E-state index contributed by atoms with van der Waals surface area (Å²) in [5, 5.41) is 11.2. The third-order valence-corrected chi connectivity index (χ3v) is 3.12. The maximum Gasteiger partial charge on any atom is 0.303 e. The van der Waals surface area contributed by atoms with Gasteiger partial charge in [0.1, 0.15) is 6.04 Å². The highest BCUT2D eigenvalue weighted by molar-refractivity contribution is 5.81. The van der Waals surface area contributed by atoms with E-state index in [9.17, 15) is 9.59 Å². The fourth-order valence-corrected chi connectivity index (χ4v) is 2.08. The van der Waals surface area contributed by atoms with Crippen LogP contribution >= 0.6 is 0 Å². The third-order valence-electron chi connectivity index (χ3n) is 3.12. The van der Waals surface area contributed by atoms with E-state index in [-0.39, 0.29) is 18.4 Å². The first-order valence-electron chi connectivity index (χ1n) is 6.40. The Morgan fingerprint density at radius 1 is 1.39 bits per heavy atom. The van der Waals surface area contributed by atoms with E-state index in [0.29, 0.717) is 19.6 Å². The molecule has 0 aromatic carbocycles. The topological polar surface area (TPSA) is 78.9 Å². The van der Waals surface area contributed by atoms with E-state index in [4.69, 9.17) is 9.84 Å². The van der Waals surface area contributed by atoms with Crippen molar-refractivity contribution >= 4 is 11.9 Å². The Morgan fingerprint density at radius 2 is 2.17 bits per heavy atom. The molecule has 0 aromatic rings. The first kappa shape index (κ1) is 14.9. The summed E-state index contributed by atoms with van der Waals surface area (Å²) >= 11 is 0. The number of morpholine rings is 1. The Hall–Kier alpha value is -1.14. The van der Waals surface area contributed by atoms with E-state index in [1.165, 1.54) is 0 Å². The lowest BCUT2D eigenvalue weighted by Crippen LogP contribution is -2.53. The number of hydrogen-bond acceptors (Lipinski definition) is 4. The molecule has 2 N–H and O–H groups in total. The Kier molecular flexibility index (Phi) is 6.67. The zero-order chi connectivity index (χ0) is 13.4. The molecular formula is C12H22N2O4. The van der Waals surface area contributed by atoms with Gasteiger partial charge in [-0.25, -0.2) is 0 Å². The second-order valence-electron chi connectivity index (χ2n) is 4.45. The molecule has 6 heteroatoms. The number of carbonyl (C=O) groups excluding carboxylic acids is 1. The average Bonchev–Trinajstić information content (AvgIpc) is 2.37. The lowest BCUT2D eigenvalue weighted by molar-refractivity contribution is -0.137. The fourth-order valence-electron chi connectivity index (χ4n) is 2.08. The summed E-state index contributed by atoms with van der Waals surface area (Å²) in [6.07, 6.45) is 2.72. The molecule has 1 aliphatic heterocycles. The van der Waals surface area contributed by atoms with E-state index in [1.807, 2.05) is 0 Å². The lowest BCUT2D eigenvalue weighted by atomic mass is 10.1. The molecule has 18 heavy (non-hydrogen) atoms. The molecule has 1 atom stereocenters. The Balaban J connectivity index is 2.25. The van der Waals surface area contributed by atoms with Crippen LogP contribution in [0, 0.1) is 0 Å². The van der Waals surface area contributed by atoms with Gasteiger partial charge in [-0.15, -0.1) is 0 Å². The van der Waals surface area contributed by atoms with Crippen molar-refractivity contribution < 1.29 is 19.4 Å². The predicted molar refractivity (Wildman–Crippen MR) is 66.4 cm³/mol. The van der Waals surface area contributed by atoms with Gasteiger partial charge in [0.2, 0.25) is 5.91 Å². The zero-order valence-corrected chi connectivity index (χ0v) is 10.9. The summed E-state index contributed by atoms with van der Waals surface area (Å²) in [4.78, 5) is 24.1. The van der Waals surface area contributed by atoms with Gasteiger partial charge in [0.15, 0.2) is 0 Å². The molecule has 1 unspecified atom stereocenters. The van der Waals surface area contributed by atoms with Crippen LogP contribution in [0.5, 0.6) is 0 Å². The second kappa shape index (κ2) is 8.05. The molecule has 1 rings (SSSR count). The number of carboxylic acids is 1. The largest absolute Gasteiger partial charge is 0.481 e. The minimum Gasteiger partial charge on any atom is -0.481 e. The monoisotopic (exact) mass is 258 g/mol. The molecule has 1 amide bonds. The standard InChI is InChI=1S/C12H22N2O4/c1-13-12(17)10-9-18-8-7-14(10)6-4-2-3-5-11(15)16/h10H,2-9H2,1H3,(H,13,17)(H,15,16). The summed E-state index contributed by atoms with van der Waals surface area (Å²) in [6, 6.07) is -0.205.